The van der Waals surface area contributed by atoms with E-state index >= 15 is 0 Å². The van der Waals surface area contributed by atoms with Gasteiger partial charge in [-0.25, -0.2) is 9.59 Å². The molecule has 7 heteroatoms. The second-order valence-corrected chi connectivity index (χ2v) is 10.6. The van der Waals surface area contributed by atoms with Crippen LogP contribution in [0.2, 0.25) is 0 Å². The Kier molecular flexibility index (Phi) is 6.31. The Morgan fingerprint density at radius 2 is 1.61 bits per heavy atom. The molecule has 38 heavy (non-hydrogen) atoms. The summed E-state index contributed by atoms with van der Waals surface area (Å²) in [6, 6.07) is 21.2. The summed E-state index contributed by atoms with van der Waals surface area (Å²) < 4.78 is 11.7. The minimum atomic E-state index is -1.17. The lowest BCUT2D eigenvalue weighted by molar-refractivity contribution is 0.0377. The van der Waals surface area contributed by atoms with Crippen LogP contribution >= 0.6 is 0 Å². The molecule has 5 rings (SSSR count). The van der Waals surface area contributed by atoms with Crippen molar-refractivity contribution in [1.29, 1.82) is 0 Å². The predicted octanol–water partition coefficient (Wildman–Crippen LogP) is 6.73. The monoisotopic (exact) mass is 511 g/mol. The Balaban J connectivity index is 1.61. The molecule has 7 nitrogen and oxygen atoms in total. The second-order valence-electron chi connectivity index (χ2n) is 10.6. The number of carbonyl (C=O) groups excluding carboxylic acids is 1. The predicted molar refractivity (Wildman–Crippen MR) is 145 cm³/mol. The topological polar surface area (TPSA) is 106 Å². The van der Waals surface area contributed by atoms with Crippen molar-refractivity contribution in [3.05, 3.63) is 94.1 Å². The number of aromatic carboxylic acids is 1. The third kappa shape index (κ3) is 4.67. The van der Waals surface area contributed by atoms with Gasteiger partial charge in [0.25, 0.3) is 0 Å². The Hall–Kier alpha value is -4.39. The van der Waals surface area contributed by atoms with Gasteiger partial charge in [-0.15, -0.1) is 0 Å². The van der Waals surface area contributed by atoms with Crippen LogP contribution in [0.5, 0.6) is 0 Å². The van der Waals surface area contributed by atoms with Crippen molar-refractivity contribution in [2.75, 3.05) is 0 Å². The van der Waals surface area contributed by atoms with Crippen LogP contribution < -0.4 is 10.7 Å². The molecule has 1 heterocycles. The molecule has 1 saturated carbocycles. The molecule has 0 bridgehead atoms. The summed E-state index contributed by atoms with van der Waals surface area (Å²) in [5, 5.41) is 12.9. The van der Waals surface area contributed by atoms with E-state index < -0.39 is 23.2 Å². The summed E-state index contributed by atoms with van der Waals surface area (Å²) in [6.07, 6.45) is 2.10. The number of hydrogen-bond acceptors (Lipinski definition) is 5. The molecular formula is C31H29NO6. The number of amides is 1. The van der Waals surface area contributed by atoms with Crippen LogP contribution in [-0.4, -0.2) is 22.8 Å². The molecule has 3 aromatic carbocycles. The molecule has 0 atom stereocenters. The molecule has 4 aromatic rings. The highest BCUT2D eigenvalue weighted by molar-refractivity contribution is 6.02. The van der Waals surface area contributed by atoms with Crippen LogP contribution in [0, 0.1) is 0 Å². The summed E-state index contributed by atoms with van der Waals surface area (Å²) in [5.41, 5.74) is 1.11. The Bertz CT molecular complexity index is 1580. The van der Waals surface area contributed by atoms with Gasteiger partial charge >= 0.3 is 12.1 Å². The fourth-order valence-electron chi connectivity index (χ4n) is 4.91. The zero-order chi connectivity index (χ0) is 27.1. The van der Waals surface area contributed by atoms with E-state index in [9.17, 15) is 19.5 Å². The van der Waals surface area contributed by atoms with E-state index in [1.54, 1.807) is 12.1 Å². The Morgan fingerprint density at radius 3 is 2.18 bits per heavy atom. The molecule has 1 amide bonds. The van der Waals surface area contributed by atoms with E-state index in [1.807, 2.05) is 75.4 Å². The highest BCUT2D eigenvalue weighted by Crippen LogP contribution is 2.42. The highest BCUT2D eigenvalue weighted by atomic mass is 16.6. The van der Waals surface area contributed by atoms with Crippen molar-refractivity contribution in [2.45, 2.75) is 51.2 Å². The minimum absolute atomic E-state index is 0.0409. The molecule has 2 N–H and O–H groups in total. The average molecular weight is 512 g/mol. The molecule has 1 aliphatic carbocycles. The maximum Gasteiger partial charge on any atom is 0.408 e. The van der Waals surface area contributed by atoms with Gasteiger partial charge in [0.15, 0.2) is 5.58 Å². The van der Waals surface area contributed by atoms with Crippen LogP contribution in [0.25, 0.3) is 33.4 Å². The first-order chi connectivity index (χ1) is 18.1. The van der Waals surface area contributed by atoms with Crippen molar-refractivity contribution in [3.63, 3.8) is 0 Å². The van der Waals surface area contributed by atoms with Gasteiger partial charge in [-0.2, -0.15) is 0 Å². The van der Waals surface area contributed by atoms with Crippen LogP contribution in [-0.2, 0) is 10.3 Å². The van der Waals surface area contributed by atoms with Gasteiger partial charge < -0.3 is 19.6 Å². The first kappa shape index (κ1) is 25.3. The van der Waals surface area contributed by atoms with Gasteiger partial charge in [-0.1, -0.05) is 60.7 Å². The van der Waals surface area contributed by atoms with E-state index in [0.717, 1.165) is 24.8 Å². The summed E-state index contributed by atoms with van der Waals surface area (Å²) >= 11 is 0. The zero-order valence-corrected chi connectivity index (χ0v) is 21.5. The fraction of sp³-hybridized carbons (Fsp3) is 0.258. The largest absolute Gasteiger partial charge is 0.478 e. The van der Waals surface area contributed by atoms with E-state index in [0.29, 0.717) is 22.5 Å². The average Bonchev–Trinajstić information content (AvgIpc) is 2.85. The number of para-hydroxylation sites is 1. The van der Waals surface area contributed by atoms with Crippen LogP contribution in [0.4, 0.5) is 4.79 Å². The molecule has 0 radical (unpaired) electrons. The molecule has 1 fully saturated rings. The van der Waals surface area contributed by atoms with Crippen molar-refractivity contribution >= 4 is 23.0 Å². The van der Waals surface area contributed by atoms with Gasteiger partial charge in [-0.05, 0) is 63.3 Å². The summed E-state index contributed by atoms with van der Waals surface area (Å²) in [7, 11) is 0. The lowest BCUT2D eigenvalue weighted by atomic mass is 9.71. The first-order valence-electron chi connectivity index (χ1n) is 12.6. The van der Waals surface area contributed by atoms with Gasteiger partial charge in [0, 0.05) is 5.56 Å². The molecule has 0 unspecified atom stereocenters. The lowest BCUT2D eigenvalue weighted by Crippen LogP contribution is -2.52. The fourth-order valence-corrected chi connectivity index (χ4v) is 4.91. The van der Waals surface area contributed by atoms with E-state index in [2.05, 4.69) is 5.32 Å². The number of benzene rings is 3. The van der Waals surface area contributed by atoms with Gasteiger partial charge in [0.05, 0.1) is 16.5 Å². The minimum Gasteiger partial charge on any atom is -0.478 e. The smallest absolute Gasteiger partial charge is 0.408 e. The molecule has 0 spiro atoms. The quantitative estimate of drug-likeness (QED) is 0.308. The molecule has 194 valence electrons. The van der Waals surface area contributed by atoms with E-state index in [1.165, 1.54) is 6.07 Å². The standard InChI is InChI=1S/C31H29NO6/c1-30(2,3)38-29(36)32-31(17-8-18-31)21-15-13-19(14-16-21)24-25(33)22-11-7-12-23(28(34)35)27(22)37-26(24)20-9-5-4-6-10-20/h4-7,9-16H,8,17-18H2,1-3H3,(H,32,36)(H,34,35). The zero-order valence-electron chi connectivity index (χ0n) is 21.5. The number of fused-ring (bicyclic) bond motifs is 1. The number of carbonyl (C=O) groups is 2. The van der Waals surface area contributed by atoms with Crippen LogP contribution in [0.15, 0.2) is 82.0 Å². The van der Waals surface area contributed by atoms with Crippen molar-refractivity contribution in [1.82, 2.24) is 5.32 Å². The van der Waals surface area contributed by atoms with Gasteiger partial charge in [0.1, 0.15) is 16.9 Å². The molecule has 1 aromatic heterocycles. The summed E-state index contributed by atoms with van der Waals surface area (Å²) in [6.45, 7) is 5.48. The maximum absolute atomic E-state index is 13.8. The SMILES string of the molecule is CC(C)(C)OC(=O)NC1(c2ccc(-c3c(-c4ccccc4)oc4c(C(=O)O)cccc4c3=O)cc2)CCC1. The number of carboxylic acid groups (broad SMARTS) is 1. The second kappa shape index (κ2) is 9.49. The van der Waals surface area contributed by atoms with E-state index in [-0.39, 0.29) is 22.0 Å². The van der Waals surface area contributed by atoms with Crippen molar-refractivity contribution < 1.29 is 23.8 Å². The third-order valence-electron chi connectivity index (χ3n) is 6.86. The summed E-state index contributed by atoms with van der Waals surface area (Å²) in [4.78, 5) is 38.2. The van der Waals surface area contributed by atoms with E-state index in [4.69, 9.17) is 9.15 Å². The Morgan fingerprint density at radius 1 is 0.921 bits per heavy atom. The number of ether oxygens (including phenoxy) is 1. The number of nitrogens with one attached hydrogen (secondary N) is 1. The Labute approximate surface area is 220 Å². The highest BCUT2D eigenvalue weighted by Gasteiger charge is 2.41. The molecule has 0 saturated heterocycles. The lowest BCUT2D eigenvalue weighted by Gasteiger charge is -2.43. The first-order valence-corrected chi connectivity index (χ1v) is 12.6. The number of hydrogen-bond donors (Lipinski definition) is 2. The number of carboxylic acids is 1. The number of alkyl carbamates (subject to hydrolysis) is 1. The van der Waals surface area contributed by atoms with Gasteiger partial charge in [-0.3, -0.25) is 4.79 Å². The van der Waals surface area contributed by atoms with Crippen molar-refractivity contribution in [3.8, 4) is 22.5 Å². The normalized spacial score (nSPS) is 14.5. The number of rotatable bonds is 5. The van der Waals surface area contributed by atoms with Gasteiger partial charge in [0.2, 0.25) is 5.43 Å². The molecular weight excluding hydrogens is 482 g/mol. The molecule has 0 aliphatic heterocycles. The van der Waals surface area contributed by atoms with Crippen molar-refractivity contribution in [2.24, 2.45) is 0 Å². The molecule has 1 aliphatic rings. The summed E-state index contributed by atoms with van der Waals surface area (Å²) in [5.74, 6) is -0.868. The van der Waals surface area contributed by atoms with Crippen LogP contribution in [0.1, 0.15) is 56.0 Å². The van der Waals surface area contributed by atoms with Crippen LogP contribution in [0.3, 0.4) is 0 Å². The third-order valence-corrected chi connectivity index (χ3v) is 6.86. The maximum atomic E-state index is 13.8.